The number of nitriles is 1. The van der Waals surface area contributed by atoms with Crippen molar-refractivity contribution in [1.29, 1.82) is 5.26 Å². The zero-order valence-electron chi connectivity index (χ0n) is 14.7. The molecule has 2 aromatic heterocycles. The van der Waals surface area contributed by atoms with Gasteiger partial charge in [-0.1, -0.05) is 6.07 Å². The van der Waals surface area contributed by atoms with Gasteiger partial charge in [0, 0.05) is 30.5 Å². The average molecular weight is 346 g/mol. The topological polar surface area (TPSA) is 88.8 Å². The number of ketones is 1. The number of hydrogen-bond acceptors (Lipinski definition) is 6. The molecular formula is C20H18N4O2. The molecule has 130 valence electrons. The first kappa shape index (κ1) is 16.6. The summed E-state index contributed by atoms with van der Waals surface area (Å²) in [6, 6.07) is 7.70. The number of methoxy groups -OCH3 is 1. The normalized spacial score (nSPS) is 23.4. The van der Waals surface area contributed by atoms with Crippen LogP contribution in [0, 0.1) is 23.7 Å². The van der Waals surface area contributed by atoms with Crippen molar-refractivity contribution in [2.75, 3.05) is 7.11 Å². The lowest BCUT2D eigenvalue weighted by Gasteiger charge is -2.36. The van der Waals surface area contributed by atoms with Gasteiger partial charge in [-0.25, -0.2) is 15.0 Å². The Labute approximate surface area is 151 Å². The highest BCUT2D eigenvalue weighted by Gasteiger charge is 2.58. The molecule has 1 atom stereocenters. The lowest BCUT2D eigenvalue weighted by molar-refractivity contribution is -0.124. The molecular weight excluding hydrogens is 328 g/mol. The van der Waals surface area contributed by atoms with E-state index in [1.165, 1.54) is 0 Å². The molecule has 0 N–H and O–H groups in total. The number of aromatic nitrogens is 3. The largest absolute Gasteiger partial charge is 0.368 e. The number of carbonyl (C=O) groups is 1. The minimum absolute atomic E-state index is 0.0595. The highest BCUT2D eigenvalue weighted by atomic mass is 16.5. The van der Waals surface area contributed by atoms with Crippen molar-refractivity contribution in [2.24, 2.45) is 5.41 Å². The molecule has 26 heavy (non-hydrogen) atoms. The third-order valence-electron chi connectivity index (χ3n) is 5.30. The highest BCUT2D eigenvalue weighted by Crippen LogP contribution is 2.58. The molecule has 2 aromatic rings. The highest BCUT2D eigenvalue weighted by molar-refractivity contribution is 6.06. The quantitative estimate of drug-likeness (QED) is 0.849. The molecule has 0 amide bonds. The second kappa shape index (κ2) is 5.82. The number of Topliss-reactive ketones (excluding diaryl/α,β-unsaturated/α-hetero) is 1. The van der Waals surface area contributed by atoms with Gasteiger partial charge in [-0.05, 0) is 44.4 Å². The molecule has 2 heterocycles. The van der Waals surface area contributed by atoms with Crippen LogP contribution in [0.1, 0.15) is 30.8 Å². The van der Waals surface area contributed by atoms with Gasteiger partial charge < -0.3 is 4.74 Å². The SMILES string of the molecule is COC1(c2cccc(-c3cnc(C)nc3)n2)C=C(C#N)C(=O)C2(CC2)C1. The van der Waals surface area contributed by atoms with Gasteiger partial charge in [-0.3, -0.25) is 4.79 Å². The average Bonchev–Trinajstić information content (AvgIpc) is 3.45. The minimum atomic E-state index is -0.878. The molecule has 6 nitrogen and oxygen atoms in total. The molecule has 1 saturated carbocycles. The fourth-order valence-electron chi connectivity index (χ4n) is 3.61. The standard InChI is InChI=1S/C20H18N4O2/c1-13-22-10-15(11-23-13)16-4-3-5-17(24-16)20(26-2)8-14(9-21)18(25)19(12-20)6-7-19/h3-5,8,10-11H,6-7,12H2,1-2H3. The Morgan fingerprint density at radius 1 is 1.23 bits per heavy atom. The van der Waals surface area contributed by atoms with Gasteiger partial charge in [-0.15, -0.1) is 0 Å². The van der Waals surface area contributed by atoms with Gasteiger partial charge in [0.2, 0.25) is 0 Å². The number of ether oxygens (including phenoxy) is 1. The van der Waals surface area contributed by atoms with E-state index in [9.17, 15) is 10.1 Å². The second-order valence-electron chi connectivity index (χ2n) is 6.98. The fourth-order valence-corrected chi connectivity index (χ4v) is 3.61. The lowest BCUT2D eigenvalue weighted by Crippen LogP contribution is -2.39. The number of allylic oxidation sites excluding steroid dienone is 1. The van der Waals surface area contributed by atoms with Crippen LogP contribution < -0.4 is 0 Å². The summed E-state index contributed by atoms with van der Waals surface area (Å²) in [5, 5.41) is 9.42. The molecule has 2 aliphatic carbocycles. The number of rotatable bonds is 3. The van der Waals surface area contributed by atoms with Crippen LogP contribution in [0.4, 0.5) is 0 Å². The van der Waals surface area contributed by atoms with E-state index in [0.717, 1.165) is 24.1 Å². The molecule has 0 aromatic carbocycles. The number of nitrogens with zero attached hydrogens (tertiary/aromatic N) is 4. The van der Waals surface area contributed by atoms with E-state index in [0.29, 0.717) is 17.9 Å². The molecule has 0 aliphatic heterocycles. The Balaban J connectivity index is 1.81. The summed E-state index contributed by atoms with van der Waals surface area (Å²) in [5.41, 5.74) is 1.04. The maximum atomic E-state index is 12.5. The van der Waals surface area contributed by atoms with Crippen molar-refractivity contribution in [2.45, 2.75) is 31.8 Å². The zero-order valence-corrected chi connectivity index (χ0v) is 14.7. The van der Waals surface area contributed by atoms with Gasteiger partial charge in [0.25, 0.3) is 0 Å². The minimum Gasteiger partial charge on any atom is -0.368 e. The summed E-state index contributed by atoms with van der Waals surface area (Å²) in [6.45, 7) is 1.83. The number of hydrogen-bond donors (Lipinski definition) is 0. The Kier molecular flexibility index (Phi) is 3.70. The van der Waals surface area contributed by atoms with E-state index in [1.54, 1.807) is 25.6 Å². The number of carbonyl (C=O) groups excluding carboxylic acids is 1. The zero-order chi connectivity index (χ0) is 18.4. The van der Waals surface area contributed by atoms with Crippen LogP contribution in [0.2, 0.25) is 0 Å². The molecule has 0 radical (unpaired) electrons. The number of aryl methyl sites for hydroxylation is 1. The first-order valence-corrected chi connectivity index (χ1v) is 8.51. The van der Waals surface area contributed by atoms with Gasteiger partial charge in [0.1, 0.15) is 17.5 Å². The van der Waals surface area contributed by atoms with Crippen LogP contribution in [-0.4, -0.2) is 27.8 Å². The van der Waals surface area contributed by atoms with Crippen molar-refractivity contribution in [1.82, 2.24) is 15.0 Å². The van der Waals surface area contributed by atoms with E-state index >= 15 is 0 Å². The summed E-state index contributed by atoms with van der Waals surface area (Å²) in [5.74, 6) is 0.636. The Morgan fingerprint density at radius 2 is 1.96 bits per heavy atom. The second-order valence-corrected chi connectivity index (χ2v) is 6.98. The first-order valence-electron chi connectivity index (χ1n) is 8.51. The van der Waals surface area contributed by atoms with Gasteiger partial charge in [0.05, 0.1) is 17.0 Å². The molecule has 0 bridgehead atoms. The van der Waals surface area contributed by atoms with Crippen molar-refractivity contribution >= 4 is 5.78 Å². The fraction of sp³-hybridized carbons (Fsp3) is 0.350. The predicted octanol–water partition coefficient (Wildman–Crippen LogP) is 2.89. The Hall–Kier alpha value is -2.91. The monoisotopic (exact) mass is 346 g/mol. The smallest absolute Gasteiger partial charge is 0.179 e. The third-order valence-corrected chi connectivity index (χ3v) is 5.30. The summed E-state index contributed by atoms with van der Waals surface area (Å²) < 4.78 is 5.86. The summed E-state index contributed by atoms with van der Waals surface area (Å²) >= 11 is 0. The summed E-state index contributed by atoms with van der Waals surface area (Å²) in [7, 11) is 1.60. The van der Waals surface area contributed by atoms with Crippen LogP contribution in [0.25, 0.3) is 11.3 Å². The Bertz CT molecular complexity index is 955. The van der Waals surface area contributed by atoms with E-state index in [-0.39, 0.29) is 11.4 Å². The molecule has 0 saturated heterocycles. The van der Waals surface area contributed by atoms with Crippen LogP contribution in [0.15, 0.2) is 42.2 Å². The molecule has 1 spiro atoms. The summed E-state index contributed by atoms with van der Waals surface area (Å²) in [6.07, 6.45) is 7.20. The van der Waals surface area contributed by atoms with E-state index in [2.05, 4.69) is 9.97 Å². The van der Waals surface area contributed by atoms with E-state index in [1.807, 2.05) is 31.2 Å². The van der Waals surface area contributed by atoms with Gasteiger partial charge in [-0.2, -0.15) is 5.26 Å². The van der Waals surface area contributed by atoms with Crippen LogP contribution in [-0.2, 0) is 15.1 Å². The maximum Gasteiger partial charge on any atom is 0.179 e. The molecule has 1 fully saturated rings. The molecule has 1 unspecified atom stereocenters. The van der Waals surface area contributed by atoms with Crippen LogP contribution >= 0.6 is 0 Å². The maximum absolute atomic E-state index is 12.5. The van der Waals surface area contributed by atoms with E-state index < -0.39 is 11.0 Å². The third kappa shape index (κ3) is 2.52. The van der Waals surface area contributed by atoms with Crippen molar-refractivity contribution in [3.63, 3.8) is 0 Å². The molecule has 2 aliphatic rings. The van der Waals surface area contributed by atoms with Crippen molar-refractivity contribution in [3.05, 3.63) is 53.8 Å². The van der Waals surface area contributed by atoms with E-state index in [4.69, 9.17) is 9.72 Å². The predicted molar refractivity (Wildman–Crippen MR) is 93.7 cm³/mol. The van der Waals surface area contributed by atoms with Gasteiger partial charge in [0.15, 0.2) is 5.78 Å². The molecule has 4 rings (SSSR count). The van der Waals surface area contributed by atoms with Crippen LogP contribution in [0.5, 0.6) is 0 Å². The first-order chi connectivity index (χ1) is 12.5. The molecule has 6 heteroatoms. The van der Waals surface area contributed by atoms with Crippen molar-refractivity contribution < 1.29 is 9.53 Å². The summed E-state index contributed by atoms with van der Waals surface area (Å²) in [4.78, 5) is 25.7. The van der Waals surface area contributed by atoms with Crippen molar-refractivity contribution in [3.8, 4) is 17.3 Å². The van der Waals surface area contributed by atoms with Gasteiger partial charge >= 0.3 is 0 Å². The number of pyridine rings is 1. The Morgan fingerprint density at radius 3 is 2.58 bits per heavy atom. The lowest BCUT2D eigenvalue weighted by atomic mass is 9.74. The van der Waals surface area contributed by atoms with Crippen LogP contribution in [0.3, 0.4) is 0 Å².